The fourth-order valence-electron chi connectivity index (χ4n) is 3.02. The van der Waals surface area contributed by atoms with Crippen LogP contribution in [0, 0.1) is 5.92 Å². The van der Waals surface area contributed by atoms with E-state index in [4.69, 9.17) is 15.0 Å². The molecule has 1 saturated carbocycles. The first-order chi connectivity index (χ1) is 13.3. The average molecular weight is 429 g/mol. The first kappa shape index (κ1) is 24.8. The molecule has 0 aromatic carbocycles. The summed E-state index contributed by atoms with van der Waals surface area (Å²) in [7, 11) is 1.81. The Bertz CT molecular complexity index is 706. The molecule has 1 fully saturated rings. The Morgan fingerprint density at radius 3 is 2.34 bits per heavy atom. The van der Waals surface area contributed by atoms with E-state index < -0.39 is 36.0 Å². The van der Waals surface area contributed by atoms with Gasteiger partial charge in [-0.25, -0.2) is 13.6 Å². The molecule has 2 atom stereocenters. The second kappa shape index (κ2) is 9.99. The van der Waals surface area contributed by atoms with Crippen molar-refractivity contribution >= 4 is 11.9 Å². The number of halogens is 5. The molecule has 12 heteroatoms. The van der Waals surface area contributed by atoms with Crippen molar-refractivity contribution in [3.63, 3.8) is 0 Å². The van der Waals surface area contributed by atoms with Crippen LogP contribution in [0.1, 0.15) is 43.9 Å². The lowest BCUT2D eigenvalue weighted by Crippen LogP contribution is -2.43. The van der Waals surface area contributed by atoms with Crippen LogP contribution in [0.25, 0.3) is 0 Å². The molecule has 0 aliphatic heterocycles. The van der Waals surface area contributed by atoms with Crippen LogP contribution in [0.2, 0.25) is 0 Å². The lowest BCUT2D eigenvalue weighted by Gasteiger charge is -2.25. The summed E-state index contributed by atoms with van der Waals surface area (Å²) >= 11 is 0. The molecule has 1 aromatic rings. The molecule has 0 spiro atoms. The van der Waals surface area contributed by atoms with Gasteiger partial charge in [0.2, 0.25) is 0 Å². The zero-order chi connectivity index (χ0) is 22.4. The topological polar surface area (TPSA) is 104 Å². The van der Waals surface area contributed by atoms with E-state index in [1.807, 2.05) is 13.1 Å². The Morgan fingerprint density at radius 2 is 1.86 bits per heavy atom. The van der Waals surface area contributed by atoms with Crippen molar-refractivity contribution in [1.82, 2.24) is 15.1 Å². The van der Waals surface area contributed by atoms with Gasteiger partial charge < -0.3 is 15.5 Å². The Morgan fingerprint density at radius 1 is 1.28 bits per heavy atom. The van der Waals surface area contributed by atoms with Gasteiger partial charge in [0.1, 0.15) is 0 Å². The normalized spacial score (nSPS) is 21.6. The van der Waals surface area contributed by atoms with Crippen molar-refractivity contribution in [2.24, 2.45) is 13.0 Å². The Balaban J connectivity index is 0.000000516. The molecule has 2 rings (SSSR count). The van der Waals surface area contributed by atoms with Gasteiger partial charge in [-0.2, -0.15) is 18.3 Å². The summed E-state index contributed by atoms with van der Waals surface area (Å²) in [4.78, 5) is 19.9. The van der Waals surface area contributed by atoms with Crippen molar-refractivity contribution < 1.29 is 41.8 Å². The van der Waals surface area contributed by atoms with E-state index in [1.54, 1.807) is 11.7 Å². The molecular weight excluding hydrogens is 405 g/mol. The molecule has 1 heterocycles. The van der Waals surface area contributed by atoms with Gasteiger partial charge >= 0.3 is 18.1 Å². The van der Waals surface area contributed by atoms with E-state index in [2.05, 4.69) is 10.4 Å². The predicted octanol–water partition coefficient (Wildman–Crippen LogP) is 2.98. The SMILES string of the molecule is CCc1nn(C)cc1CN[C@@H]1CC[C@@H](C(=O)O)CCC1(F)F.O=C(O)C(F)(F)F. The number of aromatic nitrogens is 2. The van der Waals surface area contributed by atoms with Gasteiger partial charge in [0.25, 0.3) is 5.92 Å². The quantitative estimate of drug-likeness (QED) is 0.491. The highest BCUT2D eigenvalue weighted by atomic mass is 19.4. The number of carbonyl (C=O) groups is 2. The number of carboxylic acids is 2. The molecule has 7 nitrogen and oxygen atoms in total. The van der Waals surface area contributed by atoms with Gasteiger partial charge in [-0.05, 0) is 25.7 Å². The molecule has 0 unspecified atom stereocenters. The van der Waals surface area contributed by atoms with Crippen molar-refractivity contribution in [3.8, 4) is 0 Å². The molecule has 29 heavy (non-hydrogen) atoms. The molecule has 0 amide bonds. The van der Waals surface area contributed by atoms with E-state index in [0.717, 1.165) is 17.7 Å². The minimum Gasteiger partial charge on any atom is -0.481 e. The fraction of sp³-hybridized carbons (Fsp3) is 0.706. The second-order valence-electron chi connectivity index (χ2n) is 6.78. The highest BCUT2D eigenvalue weighted by molar-refractivity contribution is 5.73. The van der Waals surface area contributed by atoms with Crippen LogP contribution in [0.15, 0.2) is 6.20 Å². The average Bonchev–Trinajstić information content (AvgIpc) is 2.87. The maximum absolute atomic E-state index is 14.2. The molecule has 0 radical (unpaired) electrons. The second-order valence-corrected chi connectivity index (χ2v) is 6.78. The highest BCUT2D eigenvalue weighted by Gasteiger charge is 2.43. The van der Waals surface area contributed by atoms with E-state index in [1.165, 1.54) is 0 Å². The lowest BCUT2D eigenvalue weighted by molar-refractivity contribution is -0.192. The predicted molar refractivity (Wildman–Crippen MR) is 91.4 cm³/mol. The Hall–Kier alpha value is -2.24. The number of hydrogen-bond donors (Lipinski definition) is 3. The maximum Gasteiger partial charge on any atom is 0.490 e. The zero-order valence-electron chi connectivity index (χ0n) is 16.0. The third kappa shape index (κ3) is 7.59. The molecule has 0 bridgehead atoms. The molecule has 0 saturated heterocycles. The molecular formula is C17H24F5N3O4. The van der Waals surface area contributed by atoms with Crippen LogP contribution < -0.4 is 5.32 Å². The van der Waals surface area contributed by atoms with Crippen LogP contribution in [0.3, 0.4) is 0 Å². The van der Waals surface area contributed by atoms with E-state index in [-0.39, 0.29) is 25.7 Å². The summed E-state index contributed by atoms with van der Waals surface area (Å²) in [5.41, 5.74) is 1.81. The Kier molecular flexibility index (Phi) is 8.54. The first-order valence-electron chi connectivity index (χ1n) is 8.93. The van der Waals surface area contributed by atoms with Gasteiger partial charge in [-0.15, -0.1) is 0 Å². The van der Waals surface area contributed by atoms with E-state index >= 15 is 0 Å². The fourth-order valence-corrected chi connectivity index (χ4v) is 3.02. The monoisotopic (exact) mass is 429 g/mol. The van der Waals surface area contributed by atoms with Gasteiger partial charge in [-0.1, -0.05) is 6.92 Å². The van der Waals surface area contributed by atoms with Crippen LogP contribution in [0.4, 0.5) is 22.0 Å². The van der Waals surface area contributed by atoms with Crippen LogP contribution in [-0.4, -0.2) is 50.1 Å². The number of hydrogen-bond acceptors (Lipinski definition) is 4. The largest absolute Gasteiger partial charge is 0.490 e. The molecule has 166 valence electrons. The van der Waals surface area contributed by atoms with Gasteiger partial charge in [0, 0.05) is 31.8 Å². The number of aliphatic carboxylic acids is 2. The summed E-state index contributed by atoms with van der Waals surface area (Å²) in [5.74, 6) is -7.27. The first-order valence-corrected chi connectivity index (χ1v) is 8.93. The van der Waals surface area contributed by atoms with Gasteiger partial charge in [-0.3, -0.25) is 9.48 Å². The number of aryl methyl sites for hydroxylation is 2. The highest BCUT2D eigenvalue weighted by Crippen LogP contribution is 2.35. The number of alkyl halides is 5. The minimum atomic E-state index is -5.08. The minimum absolute atomic E-state index is 0.0353. The number of rotatable bonds is 5. The van der Waals surface area contributed by atoms with Gasteiger partial charge in [0.05, 0.1) is 17.7 Å². The molecule has 1 aliphatic carbocycles. The summed E-state index contributed by atoms with van der Waals surface area (Å²) in [5, 5.41) is 23.4. The molecule has 3 N–H and O–H groups in total. The maximum atomic E-state index is 14.2. The standard InChI is InChI=1S/C15H23F2N3O2.C2HF3O2/c1-3-12-11(9-20(2)19-12)8-18-13-5-4-10(14(21)22)6-7-15(13,16)17;3-2(4,5)1(6)7/h9-10,13,18H,3-8H2,1-2H3,(H,21,22);(H,6,7)/t10-,13-;/m1./s1. The third-order valence-corrected chi connectivity index (χ3v) is 4.60. The van der Waals surface area contributed by atoms with Crippen molar-refractivity contribution in [2.75, 3.05) is 0 Å². The van der Waals surface area contributed by atoms with Crippen LogP contribution in [0.5, 0.6) is 0 Å². The lowest BCUT2D eigenvalue weighted by atomic mass is 10.0. The Labute approximate surface area is 163 Å². The van der Waals surface area contributed by atoms with Gasteiger partial charge in [0.15, 0.2) is 0 Å². The van der Waals surface area contributed by atoms with Crippen molar-refractivity contribution in [1.29, 1.82) is 0 Å². The number of nitrogens with one attached hydrogen (secondary N) is 1. The smallest absolute Gasteiger partial charge is 0.481 e. The molecule has 1 aliphatic rings. The summed E-state index contributed by atoms with van der Waals surface area (Å²) in [6.07, 6.45) is -2.38. The third-order valence-electron chi connectivity index (χ3n) is 4.60. The zero-order valence-corrected chi connectivity index (χ0v) is 16.0. The van der Waals surface area contributed by atoms with E-state index in [0.29, 0.717) is 6.54 Å². The van der Waals surface area contributed by atoms with Crippen molar-refractivity contribution in [2.45, 2.75) is 63.7 Å². The number of carboxylic acid groups (broad SMARTS) is 2. The number of nitrogens with zero attached hydrogens (tertiary/aromatic N) is 2. The summed E-state index contributed by atoms with van der Waals surface area (Å²) in [6.45, 7) is 2.30. The summed E-state index contributed by atoms with van der Waals surface area (Å²) in [6, 6.07) is -0.984. The van der Waals surface area contributed by atoms with Crippen LogP contribution >= 0.6 is 0 Å². The van der Waals surface area contributed by atoms with Crippen molar-refractivity contribution in [3.05, 3.63) is 17.5 Å². The van der Waals surface area contributed by atoms with E-state index in [9.17, 15) is 26.7 Å². The summed E-state index contributed by atoms with van der Waals surface area (Å²) < 4.78 is 61.8. The molecule has 1 aromatic heterocycles. The van der Waals surface area contributed by atoms with Crippen LogP contribution in [-0.2, 0) is 29.6 Å².